The molecular weight excluding hydrogens is 290 g/mol. The summed E-state index contributed by atoms with van der Waals surface area (Å²) in [6.07, 6.45) is 0.463. The lowest BCUT2D eigenvalue weighted by Crippen LogP contribution is -2.15. The van der Waals surface area contributed by atoms with E-state index in [1.807, 2.05) is 74.4 Å². The van der Waals surface area contributed by atoms with E-state index in [1.54, 1.807) is 0 Å². The predicted octanol–water partition coefficient (Wildman–Crippen LogP) is 3.56. The zero-order valence-corrected chi connectivity index (χ0v) is 13.8. The van der Waals surface area contributed by atoms with Crippen LogP contribution >= 0.6 is 0 Å². The van der Waals surface area contributed by atoms with E-state index in [9.17, 15) is 9.90 Å². The topological polar surface area (TPSA) is 49.8 Å². The maximum atomic E-state index is 11.7. The summed E-state index contributed by atoms with van der Waals surface area (Å²) in [5.41, 5.74) is 2.87. The van der Waals surface area contributed by atoms with Gasteiger partial charge in [0.05, 0.1) is 12.5 Å². The highest BCUT2D eigenvalue weighted by molar-refractivity contribution is 5.76. The van der Waals surface area contributed by atoms with E-state index in [0.29, 0.717) is 13.0 Å². The fraction of sp³-hybridized carbons (Fsp3) is 0.316. The van der Waals surface area contributed by atoms with Crippen LogP contribution in [0.15, 0.2) is 48.5 Å². The third kappa shape index (κ3) is 4.49. The Bertz CT molecular complexity index is 650. The van der Waals surface area contributed by atoms with Gasteiger partial charge in [-0.25, -0.2) is 0 Å². The highest BCUT2D eigenvalue weighted by atomic mass is 16.5. The summed E-state index contributed by atoms with van der Waals surface area (Å²) in [6.45, 7) is 2.52. The summed E-state index contributed by atoms with van der Waals surface area (Å²) in [6, 6.07) is 15.3. The van der Waals surface area contributed by atoms with E-state index in [4.69, 9.17) is 4.74 Å². The van der Waals surface area contributed by atoms with Gasteiger partial charge < -0.3 is 14.7 Å². The van der Waals surface area contributed by atoms with Crippen molar-refractivity contribution in [2.45, 2.75) is 19.3 Å². The van der Waals surface area contributed by atoms with Gasteiger partial charge in [-0.1, -0.05) is 24.3 Å². The molecular formula is C19H23NO3. The molecule has 0 aliphatic carbocycles. The van der Waals surface area contributed by atoms with Crippen molar-refractivity contribution in [1.29, 1.82) is 0 Å². The molecule has 4 heteroatoms. The molecule has 122 valence electrons. The highest BCUT2D eigenvalue weighted by Gasteiger charge is 2.20. The molecule has 0 bridgehead atoms. The van der Waals surface area contributed by atoms with Crippen LogP contribution in [-0.2, 0) is 11.2 Å². The monoisotopic (exact) mass is 313 g/mol. The minimum Gasteiger partial charge on any atom is -0.494 e. The predicted molar refractivity (Wildman–Crippen MR) is 92.5 cm³/mol. The van der Waals surface area contributed by atoms with Crippen LogP contribution in [0.5, 0.6) is 5.75 Å². The lowest BCUT2D eigenvalue weighted by molar-refractivity contribution is -0.138. The number of nitrogens with zero attached hydrogens (tertiary/aromatic N) is 1. The van der Waals surface area contributed by atoms with E-state index >= 15 is 0 Å². The number of hydrogen-bond acceptors (Lipinski definition) is 3. The van der Waals surface area contributed by atoms with Gasteiger partial charge in [-0.15, -0.1) is 0 Å². The molecule has 0 heterocycles. The number of carbonyl (C=O) groups is 1. The summed E-state index contributed by atoms with van der Waals surface area (Å²) in [4.78, 5) is 13.7. The summed E-state index contributed by atoms with van der Waals surface area (Å²) in [5, 5.41) is 9.60. The molecule has 0 radical (unpaired) electrons. The number of carboxylic acids is 1. The molecule has 2 aromatic rings. The van der Waals surface area contributed by atoms with Crippen molar-refractivity contribution < 1.29 is 14.6 Å². The van der Waals surface area contributed by atoms with Crippen molar-refractivity contribution in [3.05, 3.63) is 59.7 Å². The summed E-state index contributed by atoms with van der Waals surface area (Å²) in [7, 11) is 3.94. The van der Waals surface area contributed by atoms with Gasteiger partial charge in [0.15, 0.2) is 0 Å². The van der Waals surface area contributed by atoms with Crippen molar-refractivity contribution in [3.63, 3.8) is 0 Å². The molecule has 0 amide bonds. The molecule has 0 saturated heterocycles. The van der Waals surface area contributed by atoms with Crippen molar-refractivity contribution >= 4 is 11.7 Å². The van der Waals surface area contributed by atoms with Crippen LogP contribution in [0.3, 0.4) is 0 Å². The first-order valence-electron chi connectivity index (χ1n) is 7.73. The summed E-state index contributed by atoms with van der Waals surface area (Å²) in [5.74, 6) is -0.623. The summed E-state index contributed by atoms with van der Waals surface area (Å²) < 4.78 is 5.41. The van der Waals surface area contributed by atoms with E-state index in [1.165, 1.54) is 0 Å². The van der Waals surface area contributed by atoms with Crippen LogP contribution in [-0.4, -0.2) is 31.8 Å². The molecule has 2 aromatic carbocycles. The molecule has 1 N–H and O–H groups in total. The minimum absolute atomic E-state index is 0.463. The maximum Gasteiger partial charge on any atom is 0.311 e. The summed E-state index contributed by atoms with van der Waals surface area (Å²) >= 11 is 0. The fourth-order valence-electron chi connectivity index (χ4n) is 2.51. The van der Waals surface area contributed by atoms with E-state index in [-0.39, 0.29) is 0 Å². The first-order valence-corrected chi connectivity index (χ1v) is 7.73. The Morgan fingerprint density at radius 1 is 1.17 bits per heavy atom. The number of benzene rings is 2. The Hall–Kier alpha value is -2.49. The third-order valence-corrected chi connectivity index (χ3v) is 3.76. The zero-order chi connectivity index (χ0) is 16.8. The van der Waals surface area contributed by atoms with Gasteiger partial charge in [0.25, 0.3) is 0 Å². The van der Waals surface area contributed by atoms with Gasteiger partial charge in [-0.2, -0.15) is 0 Å². The molecule has 4 nitrogen and oxygen atoms in total. The van der Waals surface area contributed by atoms with Crippen LogP contribution < -0.4 is 9.64 Å². The first-order chi connectivity index (χ1) is 11.0. The number of rotatable bonds is 7. The van der Waals surface area contributed by atoms with Crippen LogP contribution in [0, 0.1) is 0 Å². The van der Waals surface area contributed by atoms with Crippen LogP contribution in [0.25, 0.3) is 0 Å². The number of ether oxygens (including phenoxy) is 1. The number of aliphatic carboxylic acids is 1. The molecule has 1 atom stereocenters. The minimum atomic E-state index is -0.815. The van der Waals surface area contributed by atoms with E-state index < -0.39 is 11.9 Å². The standard InChI is InChI=1S/C19H23NO3/c1-4-23-17-10-8-15(9-11-17)18(19(21)22)13-14-6-5-7-16(12-14)20(2)3/h5-12,18H,4,13H2,1-3H3,(H,21,22). The van der Waals surface area contributed by atoms with Crippen LogP contribution in [0.2, 0.25) is 0 Å². The molecule has 2 rings (SSSR count). The smallest absolute Gasteiger partial charge is 0.311 e. The molecule has 1 unspecified atom stereocenters. The number of anilines is 1. The lowest BCUT2D eigenvalue weighted by Gasteiger charge is -2.17. The Morgan fingerprint density at radius 2 is 1.87 bits per heavy atom. The van der Waals surface area contributed by atoms with E-state index in [2.05, 4.69) is 0 Å². The quantitative estimate of drug-likeness (QED) is 0.849. The average molecular weight is 313 g/mol. The molecule has 0 aliphatic heterocycles. The maximum absolute atomic E-state index is 11.7. The highest BCUT2D eigenvalue weighted by Crippen LogP contribution is 2.25. The molecule has 0 aliphatic rings. The number of carboxylic acid groups (broad SMARTS) is 1. The van der Waals surface area contributed by atoms with Crippen molar-refractivity contribution in [1.82, 2.24) is 0 Å². The second kappa shape index (κ2) is 7.68. The van der Waals surface area contributed by atoms with Crippen LogP contribution in [0.1, 0.15) is 24.0 Å². The van der Waals surface area contributed by atoms with Gasteiger partial charge in [0.2, 0.25) is 0 Å². The van der Waals surface area contributed by atoms with E-state index in [0.717, 1.165) is 22.6 Å². The lowest BCUT2D eigenvalue weighted by atomic mass is 9.92. The van der Waals surface area contributed by atoms with Crippen LogP contribution in [0.4, 0.5) is 5.69 Å². The van der Waals surface area contributed by atoms with Gasteiger partial charge in [0.1, 0.15) is 5.75 Å². The van der Waals surface area contributed by atoms with Gasteiger partial charge in [0, 0.05) is 19.8 Å². The Kier molecular flexibility index (Phi) is 5.63. The molecule has 0 fully saturated rings. The van der Waals surface area contributed by atoms with Gasteiger partial charge >= 0.3 is 5.97 Å². The Balaban J connectivity index is 2.22. The van der Waals surface area contributed by atoms with Crippen molar-refractivity contribution in [2.75, 3.05) is 25.6 Å². The Morgan fingerprint density at radius 3 is 2.43 bits per heavy atom. The molecule has 0 aromatic heterocycles. The van der Waals surface area contributed by atoms with Gasteiger partial charge in [-0.05, 0) is 48.7 Å². The molecule has 0 spiro atoms. The first kappa shape index (κ1) is 16.9. The van der Waals surface area contributed by atoms with Gasteiger partial charge in [-0.3, -0.25) is 4.79 Å². The molecule has 23 heavy (non-hydrogen) atoms. The van der Waals surface area contributed by atoms with Crippen molar-refractivity contribution in [3.8, 4) is 5.75 Å². The number of hydrogen-bond donors (Lipinski definition) is 1. The zero-order valence-electron chi connectivity index (χ0n) is 13.8. The second-order valence-corrected chi connectivity index (χ2v) is 5.66. The third-order valence-electron chi connectivity index (χ3n) is 3.76. The fourth-order valence-corrected chi connectivity index (χ4v) is 2.51. The normalized spacial score (nSPS) is 11.8. The SMILES string of the molecule is CCOc1ccc(C(Cc2cccc(N(C)C)c2)C(=O)O)cc1. The second-order valence-electron chi connectivity index (χ2n) is 5.66. The average Bonchev–Trinajstić information content (AvgIpc) is 2.54. The van der Waals surface area contributed by atoms with Crippen molar-refractivity contribution in [2.24, 2.45) is 0 Å². The Labute approximate surface area is 137 Å². The molecule has 0 saturated carbocycles. The largest absolute Gasteiger partial charge is 0.494 e.